The first-order valence-electron chi connectivity index (χ1n) is 12.2. The fraction of sp³-hybridized carbons (Fsp3) is 0.462. The van der Waals surface area contributed by atoms with Gasteiger partial charge in [0.15, 0.2) is 5.25 Å². The first-order chi connectivity index (χ1) is 17.2. The predicted octanol–water partition coefficient (Wildman–Crippen LogP) is 1.57. The molecule has 0 aromatic heterocycles. The molecule has 2 unspecified atom stereocenters. The Bertz CT molecular complexity index is 1130. The Morgan fingerprint density at radius 1 is 1.14 bits per heavy atom. The van der Waals surface area contributed by atoms with E-state index in [-0.39, 0.29) is 24.7 Å². The van der Waals surface area contributed by atoms with Gasteiger partial charge in [-0.25, -0.2) is 0 Å². The average molecular weight is 514 g/mol. The van der Waals surface area contributed by atoms with E-state index in [9.17, 15) is 28.8 Å². The van der Waals surface area contributed by atoms with Crippen molar-refractivity contribution in [1.82, 2.24) is 15.5 Å². The molecular formula is C26H31N3O6S. The fourth-order valence-electron chi connectivity index (χ4n) is 4.79. The fourth-order valence-corrected chi connectivity index (χ4v) is 6.15. The van der Waals surface area contributed by atoms with Crippen molar-refractivity contribution in [3.05, 3.63) is 47.5 Å². The molecule has 3 N–H and O–H groups in total. The van der Waals surface area contributed by atoms with E-state index >= 15 is 0 Å². The highest BCUT2D eigenvalue weighted by Crippen LogP contribution is 2.28. The van der Waals surface area contributed by atoms with Crippen molar-refractivity contribution in [3.8, 4) is 0 Å². The zero-order valence-electron chi connectivity index (χ0n) is 20.4. The van der Waals surface area contributed by atoms with Crippen molar-refractivity contribution < 1.29 is 28.8 Å². The van der Waals surface area contributed by atoms with Gasteiger partial charge in [-0.3, -0.25) is 29.4 Å². The van der Waals surface area contributed by atoms with Gasteiger partial charge < -0.3 is 15.0 Å². The Hall–Kier alpha value is -2.79. The molecular weight excluding hydrogens is 482 g/mol. The molecule has 10 heteroatoms. The second-order valence-electron chi connectivity index (χ2n) is 9.72. The Labute approximate surface area is 212 Å². The molecule has 2 aromatic carbocycles. The number of Topliss-reactive ketones (excluding diaryl/α,β-unsaturated/α-hetero) is 1. The van der Waals surface area contributed by atoms with Crippen LogP contribution in [0.25, 0.3) is 10.8 Å². The zero-order valence-corrected chi connectivity index (χ0v) is 21.2. The number of hydrogen-bond donors (Lipinski definition) is 3. The number of nitrogens with one attached hydrogen (secondary N) is 2. The number of carbonyl (C=O) groups excluding carboxylic acids is 3. The third kappa shape index (κ3) is 5.46. The van der Waals surface area contributed by atoms with Gasteiger partial charge >= 0.3 is 5.97 Å². The zero-order chi connectivity index (χ0) is 26.0. The van der Waals surface area contributed by atoms with Crippen molar-refractivity contribution in [2.24, 2.45) is 5.92 Å². The number of carboxylic acids is 1. The van der Waals surface area contributed by atoms with Gasteiger partial charge in [0.25, 0.3) is 11.8 Å². The lowest BCUT2D eigenvalue weighted by Crippen LogP contribution is -2.57. The Morgan fingerprint density at radius 3 is 2.28 bits per heavy atom. The highest BCUT2D eigenvalue weighted by atomic mass is 32.2. The quantitative estimate of drug-likeness (QED) is 0.321. The molecule has 2 aliphatic heterocycles. The minimum Gasteiger partial charge on any atom is -0.616 e. The summed E-state index contributed by atoms with van der Waals surface area (Å²) in [6, 6.07) is 8.84. The summed E-state index contributed by atoms with van der Waals surface area (Å²) in [6.45, 7) is 4.62. The molecule has 9 nitrogen and oxygen atoms in total. The second-order valence-corrected chi connectivity index (χ2v) is 11.5. The van der Waals surface area contributed by atoms with Gasteiger partial charge in [0.05, 0.1) is 23.7 Å². The van der Waals surface area contributed by atoms with Crippen LogP contribution in [0.2, 0.25) is 0 Å². The molecule has 0 bridgehead atoms. The van der Waals surface area contributed by atoms with Gasteiger partial charge in [-0.1, -0.05) is 38.1 Å². The number of fused-ring (bicyclic) bond motifs is 2. The van der Waals surface area contributed by atoms with Crippen LogP contribution in [0.3, 0.4) is 0 Å². The van der Waals surface area contributed by atoms with E-state index < -0.39 is 46.3 Å². The van der Waals surface area contributed by atoms with Crippen LogP contribution in [-0.2, 0) is 20.8 Å². The lowest BCUT2D eigenvalue weighted by atomic mass is 9.96. The minimum atomic E-state index is -1.31. The van der Waals surface area contributed by atoms with Crippen molar-refractivity contribution in [2.45, 2.75) is 44.0 Å². The molecule has 0 spiro atoms. The highest BCUT2D eigenvalue weighted by molar-refractivity contribution is 7.92. The number of imide groups is 1. The standard InChI is InChI=1S/C26H31N3O6S/c1-15(2)11-21(23(30)22-14-27-8-10-36(22)35)28-20(26(33)34)7-9-29-24(31)18-12-16-5-3-4-6-17(16)13-19(18)25(29)32/h3-6,12-13,15,20-22,27-28H,7-11,14H2,1-2H3,(H,33,34)/t20-,21+,22?,36?/m1/s1. The molecule has 4 rings (SSSR count). The van der Waals surface area contributed by atoms with E-state index in [2.05, 4.69) is 10.6 Å². The monoisotopic (exact) mass is 513 g/mol. The highest BCUT2D eigenvalue weighted by Gasteiger charge is 2.40. The molecule has 1 saturated heterocycles. The van der Waals surface area contributed by atoms with Crippen molar-refractivity contribution >= 4 is 45.5 Å². The number of amides is 2. The summed E-state index contributed by atoms with van der Waals surface area (Å²) < 4.78 is 12.4. The topological polar surface area (TPSA) is 139 Å². The number of benzene rings is 2. The number of hydrogen-bond acceptors (Lipinski definition) is 7. The number of carboxylic acid groups (broad SMARTS) is 1. The van der Waals surface area contributed by atoms with Crippen LogP contribution in [0.5, 0.6) is 0 Å². The summed E-state index contributed by atoms with van der Waals surface area (Å²) in [5.41, 5.74) is 0.609. The second kappa shape index (κ2) is 11.1. The molecule has 36 heavy (non-hydrogen) atoms. The lowest BCUT2D eigenvalue weighted by Gasteiger charge is -2.31. The molecule has 192 valence electrons. The van der Waals surface area contributed by atoms with Crippen molar-refractivity contribution in [3.63, 3.8) is 0 Å². The van der Waals surface area contributed by atoms with E-state index in [1.807, 2.05) is 38.1 Å². The van der Waals surface area contributed by atoms with E-state index in [1.54, 1.807) is 12.1 Å². The Balaban J connectivity index is 1.48. The summed E-state index contributed by atoms with van der Waals surface area (Å²) in [6.07, 6.45) is 0.324. The molecule has 2 amide bonds. The van der Waals surface area contributed by atoms with Crippen LogP contribution in [0.15, 0.2) is 36.4 Å². The third-order valence-electron chi connectivity index (χ3n) is 6.67. The normalized spacial score (nSPS) is 21.6. The average Bonchev–Trinajstić information content (AvgIpc) is 3.07. The third-order valence-corrected chi connectivity index (χ3v) is 8.31. The van der Waals surface area contributed by atoms with Gasteiger partial charge in [0, 0.05) is 13.1 Å². The van der Waals surface area contributed by atoms with Crippen LogP contribution in [0.4, 0.5) is 0 Å². The number of rotatable bonds is 10. The molecule has 0 saturated carbocycles. The first kappa shape index (κ1) is 26.3. The predicted molar refractivity (Wildman–Crippen MR) is 136 cm³/mol. The molecule has 0 radical (unpaired) electrons. The van der Waals surface area contributed by atoms with Crippen LogP contribution in [0, 0.1) is 5.92 Å². The molecule has 2 aliphatic rings. The molecule has 4 atom stereocenters. The maximum Gasteiger partial charge on any atom is 0.320 e. The van der Waals surface area contributed by atoms with E-state index in [4.69, 9.17) is 0 Å². The van der Waals surface area contributed by atoms with Gasteiger partial charge in [0.1, 0.15) is 11.8 Å². The van der Waals surface area contributed by atoms with Gasteiger partial charge in [-0.2, -0.15) is 0 Å². The molecule has 0 aliphatic carbocycles. The number of carbonyl (C=O) groups is 4. The minimum absolute atomic E-state index is 0.0613. The number of nitrogens with zero attached hydrogens (tertiary/aromatic N) is 1. The maximum atomic E-state index is 13.2. The Morgan fingerprint density at radius 2 is 1.75 bits per heavy atom. The first-order valence-corrected chi connectivity index (χ1v) is 13.5. The number of aliphatic carboxylic acids is 1. The number of ketones is 1. The summed E-state index contributed by atoms with van der Waals surface area (Å²) in [4.78, 5) is 52.4. The van der Waals surface area contributed by atoms with Crippen LogP contribution >= 0.6 is 0 Å². The summed E-state index contributed by atoms with van der Waals surface area (Å²) in [7, 11) is 0. The largest absolute Gasteiger partial charge is 0.616 e. The Kier molecular flexibility index (Phi) is 8.09. The van der Waals surface area contributed by atoms with E-state index in [0.717, 1.165) is 15.7 Å². The molecule has 2 aromatic rings. The summed E-state index contributed by atoms with van der Waals surface area (Å²) >= 11 is -1.31. The van der Waals surface area contributed by atoms with Crippen LogP contribution in [0.1, 0.15) is 47.4 Å². The molecule has 1 fully saturated rings. The SMILES string of the molecule is CC(C)C[C@H](N[C@H](CCN1C(=O)c2cc3ccccc3cc2C1=O)C(=O)O)C(=O)C1CNCC[S+]1[O-]. The summed E-state index contributed by atoms with van der Waals surface area (Å²) in [5.74, 6) is -1.89. The van der Waals surface area contributed by atoms with Crippen molar-refractivity contribution in [2.75, 3.05) is 25.4 Å². The smallest absolute Gasteiger partial charge is 0.320 e. The van der Waals surface area contributed by atoms with Crippen LogP contribution < -0.4 is 10.6 Å². The van der Waals surface area contributed by atoms with Gasteiger partial charge in [-0.05, 0) is 52.8 Å². The maximum absolute atomic E-state index is 13.2. The van der Waals surface area contributed by atoms with Gasteiger partial charge in [0.2, 0.25) is 5.78 Å². The lowest BCUT2D eigenvalue weighted by molar-refractivity contribution is -0.140. The van der Waals surface area contributed by atoms with E-state index in [0.29, 0.717) is 36.4 Å². The summed E-state index contributed by atoms with van der Waals surface area (Å²) in [5, 5.41) is 16.9. The van der Waals surface area contributed by atoms with Gasteiger partial charge in [-0.15, -0.1) is 0 Å². The van der Waals surface area contributed by atoms with Crippen molar-refractivity contribution in [1.29, 1.82) is 0 Å². The molecule has 2 heterocycles. The van der Waals surface area contributed by atoms with E-state index in [1.165, 1.54) is 0 Å². The van der Waals surface area contributed by atoms with Crippen LogP contribution in [-0.4, -0.2) is 80.8 Å².